The number of hydrogen-bond acceptors (Lipinski definition) is 6. The van der Waals surface area contributed by atoms with Gasteiger partial charge in [0.2, 0.25) is 17.7 Å². The van der Waals surface area contributed by atoms with Crippen LogP contribution in [0.1, 0.15) is 37.8 Å². The molecule has 0 radical (unpaired) electrons. The number of rotatable bonds is 6. The average Bonchev–Trinajstić information content (AvgIpc) is 3.24. The van der Waals surface area contributed by atoms with E-state index in [-0.39, 0.29) is 42.5 Å². The smallest absolute Gasteiger partial charge is 0.233 e. The Kier molecular flexibility index (Phi) is 6.46. The van der Waals surface area contributed by atoms with Gasteiger partial charge in [-0.3, -0.25) is 19.3 Å². The molecule has 1 aliphatic carbocycles. The predicted molar refractivity (Wildman–Crippen MR) is 118 cm³/mol. The van der Waals surface area contributed by atoms with Crippen molar-refractivity contribution in [3.63, 3.8) is 0 Å². The van der Waals surface area contributed by atoms with Crippen molar-refractivity contribution in [1.29, 1.82) is 0 Å². The quantitative estimate of drug-likeness (QED) is 0.625. The fourth-order valence-electron chi connectivity index (χ4n) is 4.02. The summed E-state index contributed by atoms with van der Waals surface area (Å²) < 4.78 is 0.909. The van der Waals surface area contributed by atoms with Crippen molar-refractivity contribution in [3.05, 3.63) is 34.3 Å². The zero-order valence-electron chi connectivity index (χ0n) is 16.5. The Morgan fingerprint density at radius 1 is 1.27 bits per heavy atom. The van der Waals surface area contributed by atoms with Gasteiger partial charge in [-0.25, -0.2) is 4.98 Å². The number of nitrogens with zero attached hydrogens (tertiary/aromatic N) is 2. The Morgan fingerprint density at radius 3 is 2.57 bits per heavy atom. The van der Waals surface area contributed by atoms with Crippen LogP contribution in [0.5, 0.6) is 0 Å². The molecule has 30 heavy (non-hydrogen) atoms. The molecule has 3 amide bonds. The topological polar surface area (TPSA) is 79.4 Å². The minimum atomic E-state index is -0.252. The Morgan fingerprint density at radius 2 is 1.97 bits per heavy atom. The number of carbonyl (C=O) groups is 3. The number of fused-ring (bicyclic) bond motifs is 1. The lowest BCUT2D eigenvalue weighted by atomic mass is 9.81. The van der Waals surface area contributed by atoms with E-state index in [0.717, 1.165) is 40.6 Å². The number of nitrogens with one attached hydrogen (secondary N) is 1. The summed E-state index contributed by atoms with van der Waals surface area (Å²) in [5.41, 5.74) is 1.55. The van der Waals surface area contributed by atoms with Gasteiger partial charge in [0.05, 0.1) is 16.9 Å². The van der Waals surface area contributed by atoms with Crippen LogP contribution < -0.4 is 5.32 Å². The predicted octanol–water partition coefficient (Wildman–Crippen LogP) is 4.76. The van der Waals surface area contributed by atoms with Crippen LogP contribution in [0, 0.1) is 18.8 Å². The first-order chi connectivity index (χ1) is 14.4. The van der Waals surface area contributed by atoms with Crippen molar-refractivity contribution in [2.45, 2.75) is 48.3 Å². The fraction of sp³-hybridized carbons (Fsp3) is 0.429. The van der Waals surface area contributed by atoms with Gasteiger partial charge in [-0.2, -0.15) is 0 Å². The second-order valence-electron chi connectivity index (χ2n) is 7.63. The van der Waals surface area contributed by atoms with E-state index in [1.165, 1.54) is 16.7 Å². The van der Waals surface area contributed by atoms with E-state index in [9.17, 15) is 14.4 Å². The number of benzene rings is 1. The highest BCUT2D eigenvalue weighted by Crippen LogP contribution is 2.38. The van der Waals surface area contributed by atoms with Gasteiger partial charge in [0.25, 0.3) is 0 Å². The summed E-state index contributed by atoms with van der Waals surface area (Å²) in [5, 5.41) is 5.31. The third kappa shape index (κ3) is 4.55. The largest absolute Gasteiger partial charge is 0.326 e. The van der Waals surface area contributed by atoms with Gasteiger partial charge in [0, 0.05) is 34.6 Å². The van der Waals surface area contributed by atoms with E-state index in [0.29, 0.717) is 10.7 Å². The first kappa shape index (κ1) is 21.3. The number of imide groups is 1. The molecule has 1 N–H and O–H groups in total. The van der Waals surface area contributed by atoms with Crippen LogP contribution in [0.25, 0.3) is 0 Å². The number of anilines is 1. The molecule has 0 bridgehead atoms. The van der Waals surface area contributed by atoms with Gasteiger partial charge in [-0.1, -0.05) is 36.2 Å². The molecule has 2 heterocycles. The molecule has 158 valence electrons. The maximum Gasteiger partial charge on any atom is 0.233 e. The fourth-order valence-corrected chi connectivity index (χ4v) is 6.12. The monoisotopic (exact) mass is 463 g/mol. The number of aromatic nitrogens is 1. The third-order valence-electron chi connectivity index (χ3n) is 5.51. The first-order valence-electron chi connectivity index (χ1n) is 9.97. The summed E-state index contributed by atoms with van der Waals surface area (Å²) in [7, 11) is 0. The van der Waals surface area contributed by atoms with Gasteiger partial charge < -0.3 is 5.32 Å². The molecule has 2 atom stereocenters. The molecule has 2 fully saturated rings. The molecule has 4 rings (SSSR count). The number of carbonyl (C=O) groups excluding carboxylic acids is 3. The van der Waals surface area contributed by atoms with E-state index in [1.807, 2.05) is 18.4 Å². The molecule has 1 saturated heterocycles. The number of halogens is 1. The molecule has 2 aromatic rings. The Balaban J connectivity index is 1.32. The van der Waals surface area contributed by atoms with E-state index in [1.54, 1.807) is 23.5 Å². The summed E-state index contributed by atoms with van der Waals surface area (Å²) in [4.78, 5) is 43.9. The van der Waals surface area contributed by atoms with E-state index < -0.39 is 0 Å². The van der Waals surface area contributed by atoms with Crippen LogP contribution in [0.4, 0.5) is 5.69 Å². The zero-order valence-corrected chi connectivity index (χ0v) is 18.9. The van der Waals surface area contributed by atoms with Crippen molar-refractivity contribution < 1.29 is 14.4 Å². The molecule has 0 spiro atoms. The standard InChI is InChI=1S/C21H22ClN3O3S2/c1-12-11-29-21(23-12)30-17-7-6-13(10-16(17)22)24-18(26)8-9-25-19(27)14-4-2-3-5-15(14)20(25)28/h6-7,10-11,14-15H,2-5,8-9H2,1H3,(H,24,26)/t14-,15-/m1/s1. The third-order valence-corrected chi connectivity index (χ3v) is 8.06. The molecule has 0 unspecified atom stereocenters. The number of amides is 3. The van der Waals surface area contributed by atoms with Crippen LogP contribution in [0.15, 0.2) is 32.8 Å². The van der Waals surface area contributed by atoms with Gasteiger partial charge in [-0.05, 0) is 38.0 Å². The van der Waals surface area contributed by atoms with Crippen LogP contribution in [-0.4, -0.2) is 34.2 Å². The van der Waals surface area contributed by atoms with E-state index in [2.05, 4.69) is 10.3 Å². The molecule has 1 aromatic carbocycles. The summed E-state index contributed by atoms with van der Waals surface area (Å²) in [6.45, 7) is 2.07. The number of thiazole rings is 1. The number of likely N-dealkylation sites (tertiary alicyclic amines) is 1. The molecular formula is C21H22ClN3O3S2. The van der Waals surface area contributed by atoms with E-state index in [4.69, 9.17) is 11.6 Å². The lowest BCUT2D eigenvalue weighted by molar-refractivity contribution is -0.140. The lowest BCUT2D eigenvalue weighted by Gasteiger charge is -2.19. The van der Waals surface area contributed by atoms with E-state index >= 15 is 0 Å². The van der Waals surface area contributed by atoms with Crippen molar-refractivity contribution in [2.24, 2.45) is 11.8 Å². The normalized spacial score (nSPS) is 21.1. The number of aryl methyl sites for hydroxylation is 1. The van der Waals surface area contributed by atoms with Crippen molar-refractivity contribution in [2.75, 3.05) is 11.9 Å². The molecule has 1 saturated carbocycles. The van der Waals surface area contributed by atoms with Crippen LogP contribution >= 0.6 is 34.7 Å². The molecule has 6 nitrogen and oxygen atoms in total. The number of hydrogen-bond donors (Lipinski definition) is 1. The molecule has 2 aliphatic rings. The summed E-state index contributed by atoms with van der Waals surface area (Å²) in [6, 6.07) is 5.33. The highest BCUT2D eigenvalue weighted by atomic mass is 35.5. The summed E-state index contributed by atoms with van der Waals surface area (Å²) in [6.07, 6.45) is 3.61. The van der Waals surface area contributed by atoms with Gasteiger partial charge >= 0.3 is 0 Å². The van der Waals surface area contributed by atoms with Crippen LogP contribution in [0.2, 0.25) is 5.02 Å². The molecule has 9 heteroatoms. The Hall–Kier alpha value is -1.90. The Labute approximate surface area is 188 Å². The van der Waals surface area contributed by atoms with Gasteiger partial charge in [0.15, 0.2) is 4.34 Å². The average molecular weight is 464 g/mol. The zero-order chi connectivity index (χ0) is 21.3. The Bertz CT molecular complexity index is 970. The maximum atomic E-state index is 12.5. The summed E-state index contributed by atoms with van der Waals surface area (Å²) >= 11 is 9.40. The second-order valence-corrected chi connectivity index (χ2v) is 10.2. The van der Waals surface area contributed by atoms with Crippen molar-refractivity contribution in [1.82, 2.24) is 9.88 Å². The van der Waals surface area contributed by atoms with Crippen molar-refractivity contribution >= 4 is 58.1 Å². The molecule has 1 aromatic heterocycles. The highest BCUT2D eigenvalue weighted by Gasteiger charge is 2.47. The first-order valence-corrected chi connectivity index (χ1v) is 12.0. The minimum Gasteiger partial charge on any atom is -0.326 e. The highest BCUT2D eigenvalue weighted by molar-refractivity contribution is 8.01. The molecular weight excluding hydrogens is 442 g/mol. The minimum absolute atomic E-state index is 0.0728. The lowest BCUT2D eigenvalue weighted by Crippen LogP contribution is -2.34. The summed E-state index contributed by atoms with van der Waals surface area (Å²) in [5.74, 6) is -0.837. The van der Waals surface area contributed by atoms with Gasteiger partial charge in [0.1, 0.15) is 0 Å². The SMILES string of the molecule is Cc1csc(Sc2ccc(NC(=O)CCN3C(=O)[C@@H]4CCCC[C@H]4C3=O)cc2Cl)n1. The second kappa shape index (κ2) is 9.08. The van der Waals surface area contributed by atoms with Crippen molar-refractivity contribution in [3.8, 4) is 0 Å². The van der Waals surface area contributed by atoms with Crippen LogP contribution in [0.3, 0.4) is 0 Å². The van der Waals surface area contributed by atoms with Gasteiger partial charge in [-0.15, -0.1) is 11.3 Å². The van der Waals surface area contributed by atoms with Crippen LogP contribution in [-0.2, 0) is 14.4 Å². The molecule has 1 aliphatic heterocycles. The maximum absolute atomic E-state index is 12.5.